The summed E-state index contributed by atoms with van der Waals surface area (Å²) in [4.78, 5) is 11.9. The lowest BCUT2D eigenvalue weighted by Gasteiger charge is -2.41. The number of halogens is 2. The van der Waals surface area contributed by atoms with Gasteiger partial charge >= 0.3 is 5.92 Å². The lowest BCUT2D eigenvalue weighted by molar-refractivity contribution is -0.216. The van der Waals surface area contributed by atoms with E-state index in [0.29, 0.717) is 13.0 Å². The van der Waals surface area contributed by atoms with Crippen LogP contribution in [0.5, 0.6) is 0 Å². The molecule has 2 N–H and O–H groups in total. The molecule has 1 aromatic carbocycles. The number of rotatable bonds is 5. The molecular formula is C18H23F2NO3. The van der Waals surface area contributed by atoms with Crippen molar-refractivity contribution in [3.05, 3.63) is 35.9 Å². The van der Waals surface area contributed by atoms with E-state index in [9.17, 15) is 18.7 Å². The van der Waals surface area contributed by atoms with Crippen molar-refractivity contribution in [2.75, 3.05) is 13.2 Å². The molecule has 2 atom stereocenters. The summed E-state index contributed by atoms with van der Waals surface area (Å²) in [6.45, 7) is 0.740. The van der Waals surface area contributed by atoms with Gasteiger partial charge in [-0.25, -0.2) is 0 Å². The molecule has 0 aromatic heterocycles. The molecule has 1 aliphatic carbocycles. The van der Waals surface area contributed by atoms with Crippen LogP contribution < -0.4 is 5.32 Å². The van der Waals surface area contributed by atoms with E-state index in [0.717, 1.165) is 18.4 Å². The summed E-state index contributed by atoms with van der Waals surface area (Å²) in [5, 5.41) is 12.2. The lowest BCUT2D eigenvalue weighted by atomic mass is 9.75. The van der Waals surface area contributed by atoms with Gasteiger partial charge in [0.1, 0.15) is 5.60 Å². The van der Waals surface area contributed by atoms with Crippen LogP contribution in [-0.2, 0) is 9.53 Å². The quantitative estimate of drug-likeness (QED) is 0.867. The Morgan fingerprint density at radius 2 is 2.00 bits per heavy atom. The molecule has 1 heterocycles. The van der Waals surface area contributed by atoms with Crippen molar-refractivity contribution in [2.24, 2.45) is 5.92 Å². The van der Waals surface area contributed by atoms with Crippen LogP contribution in [0.4, 0.5) is 8.78 Å². The molecule has 4 nitrogen and oxygen atoms in total. The fraction of sp³-hybridized carbons (Fsp3) is 0.611. The monoisotopic (exact) mass is 339 g/mol. The molecule has 1 amide bonds. The van der Waals surface area contributed by atoms with E-state index in [4.69, 9.17) is 4.74 Å². The second kappa shape index (κ2) is 6.76. The average molecular weight is 339 g/mol. The normalized spacial score (nSPS) is 26.5. The Bertz CT molecular complexity index is 575. The highest BCUT2D eigenvalue weighted by molar-refractivity contribution is 5.85. The van der Waals surface area contributed by atoms with Gasteiger partial charge in [0, 0.05) is 19.1 Å². The van der Waals surface area contributed by atoms with Gasteiger partial charge in [-0.05, 0) is 37.7 Å². The predicted molar refractivity (Wildman–Crippen MR) is 84.6 cm³/mol. The first-order valence-corrected chi connectivity index (χ1v) is 8.49. The lowest BCUT2D eigenvalue weighted by Crippen LogP contribution is -2.61. The zero-order valence-electron chi connectivity index (χ0n) is 13.5. The first kappa shape index (κ1) is 17.3. The first-order chi connectivity index (χ1) is 11.4. The highest BCUT2D eigenvalue weighted by atomic mass is 19.3. The van der Waals surface area contributed by atoms with Gasteiger partial charge in [0.05, 0.1) is 6.10 Å². The number of benzene rings is 1. The van der Waals surface area contributed by atoms with Crippen molar-refractivity contribution >= 4 is 5.91 Å². The second-order valence-corrected chi connectivity index (χ2v) is 6.77. The fourth-order valence-electron chi connectivity index (χ4n) is 3.44. The maximum absolute atomic E-state index is 14.1. The van der Waals surface area contributed by atoms with E-state index in [-0.39, 0.29) is 31.4 Å². The topological polar surface area (TPSA) is 58.6 Å². The summed E-state index contributed by atoms with van der Waals surface area (Å²) in [7, 11) is 0. The Balaban J connectivity index is 1.63. The van der Waals surface area contributed by atoms with Crippen molar-refractivity contribution in [1.29, 1.82) is 0 Å². The molecule has 1 aliphatic heterocycles. The van der Waals surface area contributed by atoms with Crippen molar-refractivity contribution < 1.29 is 23.4 Å². The fourth-order valence-corrected chi connectivity index (χ4v) is 3.44. The Labute approximate surface area is 140 Å². The smallest absolute Gasteiger partial charge is 0.352 e. The molecule has 1 saturated heterocycles. The Kier molecular flexibility index (Phi) is 4.88. The molecule has 2 unspecified atom stereocenters. The van der Waals surface area contributed by atoms with E-state index >= 15 is 0 Å². The van der Waals surface area contributed by atoms with Gasteiger partial charge in [-0.1, -0.05) is 30.3 Å². The minimum atomic E-state index is -3.75. The van der Waals surface area contributed by atoms with Crippen molar-refractivity contribution in [3.8, 4) is 0 Å². The number of carbonyl (C=O) groups excluding carboxylic acids is 1. The second-order valence-electron chi connectivity index (χ2n) is 6.77. The first-order valence-electron chi connectivity index (χ1n) is 8.49. The molecule has 1 aromatic rings. The molecule has 3 rings (SSSR count). The minimum absolute atomic E-state index is 0.0351. The zero-order valence-corrected chi connectivity index (χ0v) is 13.5. The molecule has 24 heavy (non-hydrogen) atoms. The summed E-state index contributed by atoms with van der Waals surface area (Å²) >= 11 is 0. The van der Waals surface area contributed by atoms with Gasteiger partial charge in [0.15, 0.2) is 0 Å². The van der Waals surface area contributed by atoms with E-state index in [1.807, 2.05) is 30.3 Å². The molecule has 0 radical (unpaired) electrons. The van der Waals surface area contributed by atoms with Gasteiger partial charge in [0.2, 0.25) is 0 Å². The van der Waals surface area contributed by atoms with Crippen molar-refractivity contribution in [3.63, 3.8) is 0 Å². The number of amides is 1. The molecule has 0 bridgehead atoms. The molecule has 132 valence electrons. The minimum Gasteiger partial charge on any atom is -0.383 e. The number of ether oxygens (including phenoxy) is 1. The maximum atomic E-state index is 14.1. The van der Waals surface area contributed by atoms with E-state index in [1.165, 1.54) is 0 Å². The number of hydrogen-bond donors (Lipinski definition) is 2. The number of aliphatic hydroxyl groups is 1. The molecule has 6 heteroatoms. The SMILES string of the molecule is O=C(NCC1CCCOC1c1ccccc1)C(F)(F)C1(O)CCC1. The van der Waals surface area contributed by atoms with Crippen LogP contribution in [0.2, 0.25) is 0 Å². The van der Waals surface area contributed by atoms with Crippen molar-refractivity contribution in [1.82, 2.24) is 5.32 Å². The van der Waals surface area contributed by atoms with E-state index in [1.54, 1.807) is 0 Å². The Morgan fingerprint density at radius 3 is 2.62 bits per heavy atom. The van der Waals surface area contributed by atoms with E-state index < -0.39 is 17.4 Å². The zero-order chi connectivity index (χ0) is 17.2. The highest BCUT2D eigenvalue weighted by Crippen LogP contribution is 2.44. The van der Waals surface area contributed by atoms with Gasteiger partial charge in [-0.3, -0.25) is 4.79 Å². The third-order valence-electron chi connectivity index (χ3n) is 5.15. The van der Waals surface area contributed by atoms with E-state index in [2.05, 4.69) is 5.32 Å². The van der Waals surface area contributed by atoms with Crippen LogP contribution in [-0.4, -0.2) is 35.7 Å². The molecule has 0 spiro atoms. The van der Waals surface area contributed by atoms with Gasteiger partial charge in [-0.2, -0.15) is 8.78 Å². The predicted octanol–water partition coefficient (Wildman–Crippen LogP) is 2.82. The van der Waals surface area contributed by atoms with Gasteiger partial charge in [-0.15, -0.1) is 0 Å². The van der Waals surface area contributed by atoms with Crippen molar-refractivity contribution in [2.45, 2.75) is 49.7 Å². The standard InChI is InChI=1S/C18H23F2NO3/c19-18(20,17(23)9-5-10-17)16(22)21-12-14-8-4-11-24-15(14)13-6-2-1-3-7-13/h1-3,6-7,14-15,23H,4-5,8-12H2,(H,21,22). The number of alkyl halides is 2. The maximum Gasteiger partial charge on any atom is 0.352 e. The summed E-state index contributed by atoms with van der Waals surface area (Å²) in [6.07, 6.45) is 1.88. The van der Waals surface area contributed by atoms with Crippen LogP contribution in [0.25, 0.3) is 0 Å². The largest absolute Gasteiger partial charge is 0.383 e. The van der Waals surface area contributed by atoms with Crippen LogP contribution in [0, 0.1) is 5.92 Å². The van der Waals surface area contributed by atoms with Crippen LogP contribution in [0.1, 0.15) is 43.8 Å². The van der Waals surface area contributed by atoms with Crippen LogP contribution >= 0.6 is 0 Å². The van der Waals surface area contributed by atoms with Crippen LogP contribution in [0.3, 0.4) is 0 Å². The Hall–Kier alpha value is -1.53. The third kappa shape index (κ3) is 3.17. The molecule has 2 fully saturated rings. The summed E-state index contributed by atoms with van der Waals surface area (Å²) in [5.74, 6) is -5.19. The summed E-state index contributed by atoms with van der Waals surface area (Å²) < 4.78 is 34.1. The summed E-state index contributed by atoms with van der Waals surface area (Å²) in [5.41, 5.74) is -1.19. The highest BCUT2D eigenvalue weighted by Gasteiger charge is 2.61. The number of hydrogen-bond acceptors (Lipinski definition) is 3. The molecular weight excluding hydrogens is 316 g/mol. The number of carbonyl (C=O) groups is 1. The van der Waals surface area contributed by atoms with Gasteiger partial charge in [0.25, 0.3) is 5.91 Å². The van der Waals surface area contributed by atoms with Crippen LogP contribution in [0.15, 0.2) is 30.3 Å². The van der Waals surface area contributed by atoms with Gasteiger partial charge < -0.3 is 15.2 Å². The summed E-state index contributed by atoms with van der Waals surface area (Å²) in [6, 6.07) is 9.60. The molecule has 1 saturated carbocycles. The average Bonchev–Trinajstić information content (AvgIpc) is 2.58. The third-order valence-corrected chi connectivity index (χ3v) is 5.15. The Morgan fingerprint density at radius 1 is 1.29 bits per heavy atom. The number of nitrogens with one attached hydrogen (secondary N) is 1. The molecule has 2 aliphatic rings.